The van der Waals surface area contributed by atoms with Gasteiger partial charge in [0.25, 0.3) is 0 Å². The van der Waals surface area contributed by atoms with Crippen molar-refractivity contribution in [2.45, 2.75) is 33.2 Å². The molecule has 2 atom stereocenters. The van der Waals surface area contributed by atoms with Crippen molar-refractivity contribution in [3.05, 3.63) is 30.1 Å². The van der Waals surface area contributed by atoms with Crippen molar-refractivity contribution in [2.24, 2.45) is 5.41 Å². The summed E-state index contributed by atoms with van der Waals surface area (Å²) in [6.45, 7) is 7.38. The Kier molecular flexibility index (Phi) is 4.90. The first-order valence-electron chi connectivity index (χ1n) is 5.85. The van der Waals surface area contributed by atoms with Gasteiger partial charge in [-0.25, -0.2) is 0 Å². The lowest BCUT2D eigenvalue weighted by atomic mass is 9.88. The fourth-order valence-electron chi connectivity index (χ4n) is 1.46. The molecule has 90 valence electrons. The van der Waals surface area contributed by atoms with Crippen LogP contribution in [0.15, 0.2) is 24.5 Å². The number of aliphatic hydroxyl groups excluding tert-OH is 1. The minimum absolute atomic E-state index is 0.0265. The lowest BCUT2D eigenvalue weighted by Crippen LogP contribution is -2.35. The van der Waals surface area contributed by atoms with E-state index in [9.17, 15) is 5.11 Å². The van der Waals surface area contributed by atoms with Crippen molar-refractivity contribution in [1.29, 1.82) is 0 Å². The third kappa shape index (κ3) is 3.58. The van der Waals surface area contributed by atoms with E-state index >= 15 is 0 Å². The van der Waals surface area contributed by atoms with Crippen LogP contribution in [0, 0.1) is 5.41 Å². The van der Waals surface area contributed by atoms with E-state index < -0.39 is 0 Å². The molecule has 0 aliphatic carbocycles. The maximum atomic E-state index is 9.32. The molecule has 0 saturated carbocycles. The van der Waals surface area contributed by atoms with Crippen LogP contribution < -0.4 is 5.32 Å². The van der Waals surface area contributed by atoms with Crippen LogP contribution in [0.5, 0.6) is 0 Å². The molecule has 0 fully saturated rings. The summed E-state index contributed by atoms with van der Waals surface area (Å²) < 4.78 is 0. The summed E-state index contributed by atoms with van der Waals surface area (Å²) in [7, 11) is 0. The van der Waals surface area contributed by atoms with Crippen LogP contribution >= 0.6 is 0 Å². The maximum absolute atomic E-state index is 9.32. The van der Waals surface area contributed by atoms with Gasteiger partial charge in [0.05, 0.1) is 0 Å². The number of nitrogens with one attached hydrogen (secondary N) is 1. The first-order valence-corrected chi connectivity index (χ1v) is 5.85. The third-order valence-corrected chi connectivity index (χ3v) is 3.28. The summed E-state index contributed by atoms with van der Waals surface area (Å²) in [4.78, 5) is 4.00. The van der Waals surface area contributed by atoms with Gasteiger partial charge < -0.3 is 10.4 Å². The van der Waals surface area contributed by atoms with Gasteiger partial charge in [0.1, 0.15) is 0 Å². The second-order valence-electron chi connectivity index (χ2n) is 4.71. The summed E-state index contributed by atoms with van der Waals surface area (Å²) in [6.07, 6.45) is 4.58. The molecular formula is C13H22N2O. The van der Waals surface area contributed by atoms with E-state index in [4.69, 9.17) is 0 Å². The van der Waals surface area contributed by atoms with E-state index in [1.165, 1.54) is 5.56 Å². The minimum atomic E-state index is -0.0265. The Morgan fingerprint density at radius 2 is 2.06 bits per heavy atom. The van der Waals surface area contributed by atoms with Gasteiger partial charge in [0.15, 0.2) is 0 Å². The topological polar surface area (TPSA) is 45.1 Å². The van der Waals surface area contributed by atoms with Crippen molar-refractivity contribution in [3.8, 4) is 0 Å². The fourth-order valence-corrected chi connectivity index (χ4v) is 1.46. The van der Waals surface area contributed by atoms with E-state index in [0.29, 0.717) is 6.04 Å². The first kappa shape index (κ1) is 13.1. The quantitative estimate of drug-likeness (QED) is 0.775. The van der Waals surface area contributed by atoms with Gasteiger partial charge >= 0.3 is 0 Å². The molecule has 0 bridgehead atoms. The Bertz CT molecular complexity index is 296. The molecule has 0 saturated heterocycles. The smallest absolute Gasteiger partial charge is 0.0496 e. The Balaban J connectivity index is 2.50. The van der Waals surface area contributed by atoms with Crippen LogP contribution in [-0.4, -0.2) is 23.2 Å². The normalized spacial score (nSPS) is 16.8. The second kappa shape index (κ2) is 5.97. The minimum Gasteiger partial charge on any atom is -0.396 e. The fraction of sp³-hybridized carbons (Fsp3) is 0.615. The standard InChI is InChI=1S/C13H22N2O/c1-4-13(3,10-16)9-15-11(2)12-5-7-14-8-6-12/h5-8,11,15-16H,4,9-10H2,1-3H3/t11-,13?/m0/s1. The molecule has 0 radical (unpaired) electrons. The van der Waals surface area contributed by atoms with Crippen molar-refractivity contribution in [2.75, 3.05) is 13.2 Å². The molecule has 2 N–H and O–H groups in total. The first-order chi connectivity index (χ1) is 7.61. The highest BCUT2D eigenvalue weighted by molar-refractivity contribution is 5.13. The number of hydrogen-bond acceptors (Lipinski definition) is 3. The number of hydrogen-bond donors (Lipinski definition) is 2. The zero-order valence-corrected chi connectivity index (χ0v) is 10.4. The molecule has 1 unspecified atom stereocenters. The Morgan fingerprint density at radius 3 is 2.56 bits per heavy atom. The molecule has 0 spiro atoms. The van der Waals surface area contributed by atoms with E-state index in [-0.39, 0.29) is 12.0 Å². The Morgan fingerprint density at radius 1 is 1.44 bits per heavy atom. The molecule has 1 aromatic heterocycles. The molecular weight excluding hydrogens is 200 g/mol. The number of aromatic nitrogens is 1. The van der Waals surface area contributed by atoms with Crippen molar-refractivity contribution < 1.29 is 5.11 Å². The number of rotatable bonds is 6. The van der Waals surface area contributed by atoms with Gasteiger partial charge in [0, 0.05) is 37.0 Å². The highest BCUT2D eigenvalue weighted by Crippen LogP contribution is 2.20. The van der Waals surface area contributed by atoms with Gasteiger partial charge in [0.2, 0.25) is 0 Å². The molecule has 1 heterocycles. The highest BCUT2D eigenvalue weighted by atomic mass is 16.3. The van der Waals surface area contributed by atoms with Crippen LogP contribution in [0.2, 0.25) is 0 Å². The maximum Gasteiger partial charge on any atom is 0.0496 e. The molecule has 3 nitrogen and oxygen atoms in total. The highest BCUT2D eigenvalue weighted by Gasteiger charge is 2.21. The molecule has 1 rings (SSSR count). The monoisotopic (exact) mass is 222 g/mol. The summed E-state index contributed by atoms with van der Waals surface area (Å²) >= 11 is 0. The predicted octanol–water partition coefficient (Wildman–Crippen LogP) is 2.14. The van der Waals surface area contributed by atoms with Gasteiger partial charge in [-0.2, -0.15) is 0 Å². The molecule has 3 heteroatoms. The molecule has 1 aromatic rings. The third-order valence-electron chi connectivity index (χ3n) is 3.28. The lowest BCUT2D eigenvalue weighted by molar-refractivity contribution is 0.132. The van der Waals surface area contributed by atoms with Crippen molar-refractivity contribution in [1.82, 2.24) is 10.3 Å². The molecule has 16 heavy (non-hydrogen) atoms. The zero-order valence-electron chi connectivity index (χ0n) is 10.4. The van der Waals surface area contributed by atoms with E-state index in [2.05, 4.69) is 31.1 Å². The van der Waals surface area contributed by atoms with Crippen LogP contribution in [-0.2, 0) is 0 Å². The average Bonchev–Trinajstić information content (AvgIpc) is 2.36. The largest absolute Gasteiger partial charge is 0.396 e. The van der Waals surface area contributed by atoms with Gasteiger partial charge in [-0.1, -0.05) is 13.8 Å². The summed E-state index contributed by atoms with van der Waals surface area (Å²) in [5, 5.41) is 12.8. The molecule has 0 aliphatic rings. The van der Waals surface area contributed by atoms with Crippen LogP contribution in [0.25, 0.3) is 0 Å². The number of aliphatic hydroxyl groups is 1. The van der Waals surface area contributed by atoms with E-state index in [1.54, 1.807) is 12.4 Å². The lowest BCUT2D eigenvalue weighted by Gasteiger charge is -2.28. The summed E-state index contributed by atoms with van der Waals surface area (Å²) in [5.41, 5.74) is 1.20. The number of pyridine rings is 1. The molecule has 0 aromatic carbocycles. The summed E-state index contributed by atoms with van der Waals surface area (Å²) in [6, 6.07) is 4.32. The van der Waals surface area contributed by atoms with Crippen LogP contribution in [0.3, 0.4) is 0 Å². The van der Waals surface area contributed by atoms with Gasteiger partial charge in [-0.15, -0.1) is 0 Å². The molecule has 0 aliphatic heterocycles. The van der Waals surface area contributed by atoms with E-state index in [1.807, 2.05) is 12.1 Å². The predicted molar refractivity (Wildman–Crippen MR) is 66.1 cm³/mol. The van der Waals surface area contributed by atoms with Crippen LogP contribution in [0.4, 0.5) is 0 Å². The van der Waals surface area contributed by atoms with Crippen LogP contribution in [0.1, 0.15) is 38.8 Å². The Labute approximate surface area is 97.9 Å². The second-order valence-corrected chi connectivity index (χ2v) is 4.71. The average molecular weight is 222 g/mol. The zero-order chi connectivity index (χ0) is 12.0. The van der Waals surface area contributed by atoms with Gasteiger partial charge in [-0.3, -0.25) is 4.98 Å². The molecule has 0 amide bonds. The summed E-state index contributed by atoms with van der Waals surface area (Å²) in [5.74, 6) is 0. The SMILES string of the molecule is CCC(C)(CO)CN[C@@H](C)c1ccncc1. The van der Waals surface area contributed by atoms with E-state index in [0.717, 1.165) is 13.0 Å². The van der Waals surface area contributed by atoms with Gasteiger partial charge in [-0.05, 0) is 31.0 Å². The Hall–Kier alpha value is -0.930. The van der Waals surface area contributed by atoms with Crippen molar-refractivity contribution in [3.63, 3.8) is 0 Å². The van der Waals surface area contributed by atoms with Crippen molar-refractivity contribution >= 4 is 0 Å². The number of nitrogens with zero attached hydrogens (tertiary/aromatic N) is 1.